The van der Waals surface area contributed by atoms with Gasteiger partial charge in [-0.25, -0.2) is 4.98 Å². The zero-order chi connectivity index (χ0) is 11.3. The van der Waals surface area contributed by atoms with Crippen LogP contribution in [0, 0.1) is 3.57 Å². The van der Waals surface area contributed by atoms with Gasteiger partial charge in [0.1, 0.15) is 0 Å². The molecule has 0 aliphatic carbocycles. The summed E-state index contributed by atoms with van der Waals surface area (Å²) in [6.45, 7) is 0. The van der Waals surface area contributed by atoms with E-state index < -0.39 is 0 Å². The molecule has 2 heterocycles. The zero-order valence-electron chi connectivity index (χ0n) is 7.98. The van der Waals surface area contributed by atoms with Crippen LogP contribution in [0.5, 0.6) is 0 Å². The van der Waals surface area contributed by atoms with Gasteiger partial charge >= 0.3 is 0 Å². The molecule has 0 amide bonds. The van der Waals surface area contributed by atoms with E-state index in [1.54, 1.807) is 12.1 Å². The summed E-state index contributed by atoms with van der Waals surface area (Å²) in [5, 5.41) is 0. The summed E-state index contributed by atoms with van der Waals surface area (Å²) in [6.07, 6.45) is 2.97. The third-order valence-corrected chi connectivity index (χ3v) is 3.19. The number of imidazole rings is 1. The van der Waals surface area contributed by atoms with Crippen molar-refractivity contribution in [3.63, 3.8) is 0 Å². The highest BCUT2D eigenvalue weighted by molar-refractivity contribution is 14.1. The normalized spacial score (nSPS) is 13.6. The van der Waals surface area contributed by atoms with Crippen molar-refractivity contribution in [1.29, 1.82) is 0 Å². The maximum absolute atomic E-state index is 12.0. The molecule has 1 aliphatic rings. The molecule has 0 saturated carbocycles. The van der Waals surface area contributed by atoms with E-state index in [4.69, 9.17) is 0 Å². The zero-order valence-corrected chi connectivity index (χ0v) is 10.1. The van der Waals surface area contributed by atoms with E-state index in [-0.39, 0.29) is 17.5 Å². The van der Waals surface area contributed by atoms with Gasteiger partial charge in [0.2, 0.25) is 5.78 Å². The molecule has 0 atom stereocenters. The van der Waals surface area contributed by atoms with Gasteiger partial charge in [0, 0.05) is 21.5 Å². The quantitative estimate of drug-likeness (QED) is 0.592. The molecule has 3 rings (SSSR count). The summed E-state index contributed by atoms with van der Waals surface area (Å²) < 4.78 is 2.22. The molecule has 78 valence electrons. The van der Waals surface area contributed by atoms with Crippen molar-refractivity contribution in [3.05, 3.63) is 51.1 Å². The van der Waals surface area contributed by atoms with Crippen LogP contribution in [0.2, 0.25) is 0 Å². The lowest BCUT2D eigenvalue weighted by atomic mass is 9.99. The number of benzene rings is 1. The number of carbonyl (C=O) groups excluding carboxylic acids is 2. The maximum atomic E-state index is 12.0. The van der Waals surface area contributed by atoms with Crippen molar-refractivity contribution in [2.24, 2.45) is 0 Å². The predicted molar refractivity (Wildman–Crippen MR) is 64.5 cm³/mol. The van der Waals surface area contributed by atoms with Crippen LogP contribution in [0.4, 0.5) is 0 Å². The van der Waals surface area contributed by atoms with E-state index in [0.29, 0.717) is 11.1 Å². The van der Waals surface area contributed by atoms with Crippen LogP contribution in [-0.4, -0.2) is 21.2 Å². The van der Waals surface area contributed by atoms with Gasteiger partial charge < -0.3 is 0 Å². The molecule has 16 heavy (non-hydrogen) atoms. The van der Waals surface area contributed by atoms with E-state index >= 15 is 0 Å². The fourth-order valence-corrected chi connectivity index (χ4v) is 2.27. The van der Waals surface area contributed by atoms with Gasteiger partial charge in [-0.15, -0.1) is 0 Å². The van der Waals surface area contributed by atoms with Crippen LogP contribution in [0.25, 0.3) is 0 Å². The Kier molecular flexibility index (Phi) is 1.97. The van der Waals surface area contributed by atoms with Crippen molar-refractivity contribution in [1.82, 2.24) is 9.55 Å². The minimum absolute atomic E-state index is 0.194. The molecule has 4 nitrogen and oxygen atoms in total. The Morgan fingerprint density at radius 1 is 1.19 bits per heavy atom. The van der Waals surface area contributed by atoms with Gasteiger partial charge in [0.25, 0.3) is 5.91 Å². The molecule has 0 fully saturated rings. The molecule has 0 N–H and O–H groups in total. The molecule has 0 saturated heterocycles. The van der Waals surface area contributed by atoms with Gasteiger partial charge in [-0.2, -0.15) is 0 Å². The van der Waals surface area contributed by atoms with Gasteiger partial charge in [-0.1, -0.05) is 0 Å². The highest BCUT2D eigenvalue weighted by atomic mass is 127. The third-order valence-electron chi connectivity index (χ3n) is 2.52. The average molecular weight is 324 g/mol. The molecule has 1 aromatic heterocycles. The second-order valence-electron chi connectivity index (χ2n) is 3.45. The average Bonchev–Trinajstić information content (AvgIpc) is 2.75. The fraction of sp³-hybridized carbons (Fsp3) is 0. The largest absolute Gasteiger partial charge is 0.285 e. The van der Waals surface area contributed by atoms with E-state index in [2.05, 4.69) is 27.6 Å². The molecule has 2 aromatic rings. The van der Waals surface area contributed by atoms with Crippen molar-refractivity contribution in [2.45, 2.75) is 0 Å². The molecule has 1 aliphatic heterocycles. The Labute approximate surface area is 104 Å². The summed E-state index contributed by atoms with van der Waals surface area (Å²) in [4.78, 5) is 27.9. The first-order chi connectivity index (χ1) is 7.68. The Bertz CT molecular complexity index is 631. The van der Waals surface area contributed by atoms with Crippen molar-refractivity contribution in [2.75, 3.05) is 0 Å². The Morgan fingerprint density at radius 2 is 2.00 bits per heavy atom. The Hall–Kier alpha value is -1.50. The number of rotatable bonds is 0. The minimum Gasteiger partial charge on any atom is -0.285 e. The lowest BCUT2D eigenvalue weighted by molar-refractivity contribution is 0.0907. The molecule has 1 aromatic carbocycles. The number of hydrogen-bond acceptors (Lipinski definition) is 3. The molecular weight excluding hydrogens is 319 g/mol. The SMILES string of the molecule is O=C1c2cc(I)ccc2C(=O)n2ccnc21. The first kappa shape index (κ1) is 9.71. The van der Waals surface area contributed by atoms with E-state index in [1.165, 1.54) is 17.0 Å². The second-order valence-corrected chi connectivity index (χ2v) is 4.69. The van der Waals surface area contributed by atoms with Gasteiger partial charge in [0.05, 0.1) is 5.56 Å². The predicted octanol–water partition coefficient (Wildman–Crippen LogP) is 1.72. The fourth-order valence-electron chi connectivity index (χ4n) is 1.78. The molecule has 0 bridgehead atoms. The Balaban J connectivity index is 2.34. The minimum atomic E-state index is -0.196. The Morgan fingerprint density at radius 3 is 2.81 bits per heavy atom. The summed E-state index contributed by atoms with van der Waals surface area (Å²) in [5.74, 6) is -0.198. The van der Waals surface area contributed by atoms with Crippen LogP contribution >= 0.6 is 22.6 Å². The summed E-state index contributed by atoms with van der Waals surface area (Å²) in [7, 11) is 0. The standard InChI is InChI=1S/C11H5IN2O2/c12-6-1-2-7-8(5-6)9(15)10-13-3-4-14(10)11(7)16/h1-5H. The number of hydrogen-bond donors (Lipinski definition) is 0. The maximum Gasteiger partial charge on any atom is 0.264 e. The second kappa shape index (κ2) is 3.24. The van der Waals surface area contributed by atoms with Gasteiger partial charge in [-0.05, 0) is 40.8 Å². The van der Waals surface area contributed by atoms with Crippen LogP contribution in [0.15, 0.2) is 30.6 Å². The molecule has 0 radical (unpaired) electrons. The lowest BCUT2D eigenvalue weighted by Crippen LogP contribution is -2.27. The smallest absolute Gasteiger partial charge is 0.264 e. The topological polar surface area (TPSA) is 52.0 Å². The first-order valence-electron chi connectivity index (χ1n) is 4.61. The number of nitrogens with zero attached hydrogens (tertiary/aromatic N) is 2. The van der Waals surface area contributed by atoms with Crippen molar-refractivity contribution < 1.29 is 9.59 Å². The number of carbonyl (C=O) groups is 2. The molecular formula is C11H5IN2O2. The van der Waals surface area contributed by atoms with Gasteiger partial charge in [-0.3, -0.25) is 14.2 Å². The highest BCUT2D eigenvalue weighted by Crippen LogP contribution is 2.23. The lowest BCUT2D eigenvalue weighted by Gasteiger charge is -2.15. The summed E-state index contributed by atoms with van der Waals surface area (Å²) >= 11 is 2.11. The van der Waals surface area contributed by atoms with E-state index in [0.717, 1.165) is 3.57 Å². The number of fused-ring (bicyclic) bond motifs is 2. The molecule has 0 spiro atoms. The first-order valence-corrected chi connectivity index (χ1v) is 5.68. The van der Waals surface area contributed by atoms with Crippen LogP contribution in [0.3, 0.4) is 0 Å². The third kappa shape index (κ3) is 1.18. The highest BCUT2D eigenvalue weighted by Gasteiger charge is 2.30. The monoisotopic (exact) mass is 324 g/mol. The summed E-state index contributed by atoms with van der Waals surface area (Å²) in [6, 6.07) is 5.21. The molecule has 0 unspecified atom stereocenters. The van der Waals surface area contributed by atoms with Crippen LogP contribution in [0.1, 0.15) is 26.5 Å². The van der Waals surface area contributed by atoms with Crippen LogP contribution < -0.4 is 0 Å². The van der Waals surface area contributed by atoms with Crippen molar-refractivity contribution >= 4 is 34.3 Å². The van der Waals surface area contributed by atoms with Gasteiger partial charge in [0.15, 0.2) is 5.82 Å². The number of halogens is 1. The number of ketones is 1. The van der Waals surface area contributed by atoms with E-state index in [9.17, 15) is 9.59 Å². The summed E-state index contributed by atoms with van der Waals surface area (Å²) in [5.41, 5.74) is 0.881. The molecule has 5 heteroatoms. The van der Waals surface area contributed by atoms with E-state index in [1.807, 2.05) is 6.07 Å². The van der Waals surface area contributed by atoms with Crippen LogP contribution in [-0.2, 0) is 0 Å². The van der Waals surface area contributed by atoms with Crippen molar-refractivity contribution in [3.8, 4) is 0 Å². The number of aromatic nitrogens is 2.